The van der Waals surface area contributed by atoms with E-state index in [0.29, 0.717) is 44.1 Å². The molecule has 2 heterocycles. The van der Waals surface area contributed by atoms with Crippen molar-refractivity contribution >= 4 is 29.9 Å². The number of aromatic nitrogens is 2. The van der Waals surface area contributed by atoms with Crippen LogP contribution in [0.25, 0.3) is 0 Å². The molecular weight excluding hydrogens is 485 g/mol. The van der Waals surface area contributed by atoms with Crippen molar-refractivity contribution in [1.82, 2.24) is 20.8 Å². The largest absolute Gasteiger partial charge is 0.475 e. The van der Waals surface area contributed by atoms with E-state index in [-0.39, 0.29) is 24.0 Å². The van der Waals surface area contributed by atoms with Gasteiger partial charge in [-0.3, -0.25) is 4.99 Å². The molecule has 0 aromatic carbocycles. The van der Waals surface area contributed by atoms with Crippen LogP contribution in [-0.4, -0.2) is 43.5 Å². The minimum Gasteiger partial charge on any atom is -0.475 e. The quantitative estimate of drug-likeness (QED) is 0.204. The average Bonchev–Trinajstić information content (AvgIpc) is 3.19. The second kappa shape index (κ2) is 14.2. The third-order valence-electron chi connectivity index (χ3n) is 4.43. The van der Waals surface area contributed by atoms with Gasteiger partial charge >= 0.3 is 0 Å². The predicted octanol–water partition coefficient (Wildman–Crippen LogP) is 3.48. The summed E-state index contributed by atoms with van der Waals surface area (Å²) in [6.45, 7) is 6.48. The van der Waals surface area contributed by atoms with E-state index in [4.69, 9.17) is 14.0 Å². The van der Waals surface area contributed by atoms with E-state index in [0.717, 1.165) is 29.9 Å². The predicted molar refractivity (Wildman–Crippen MR) is 124 cm³/mol. The van der Waals surface area contributed by atoms with Gasteiger partial charge in [0.15, 0.2) is 11.7 Å². The van der Waals surface area contributed by atoms with Crippen molar-refractivity contribution in [1.29, 1.82) is 0 Å². The van der Waals surface area contributed by atoms with Gasteiger partial charge < -0.3 is 24.6 Å². The van der Waals surface area contributed by atoms with Crippen LogP contribution in [0.2, 0.25) is 0 Å². The van der Waals surface area contributed by atoms with Gasteiger partial charge in [0.2, 0.25) is 5.88 Å². The summed E-state index contributed by atoms with van der Waals surface area (Å²) in [6.07, 6.45) is 3.90. The van der Waals surface area contributed by atoms with Crippen LogP contribution < -0.4 is 15.4 Å². The summed E-state index contributed by atoms with van der Waals surface area (Å²) in [5.74, 6) is 2.51. The van der Waals surface area contributed by atoms with E-state index in [1.165, 1.54) is 0 Å². The molecule has 0 aliphatic heterocycles. The molecule has 0 spiro atoms. The van der Waals surface area contributed by atoms with E-state index in [2.05, 4.69) is 39.6 Å². The smallest absolute Gasteiger partial charge is 0.213 e. The molecule has 0 bridgehead atoms. The molecule has 0 saturated carbocycles. The Morgan fingerprint density at radius 2 is 1.93 bits per heavy atom. The Morgan fingerprint density at radius 3 is 2.55 bits per heavy atom. The monoisotopic (exact) mass is 517 g/mol. The van der Waals surface area contributed by atoms with Crippen molar-refractivity contribution < 1.29 is 14.0 Å². The lowest BCUT2D eigenvalue weighted by Crippen LogP contribution is -2.36. The fourth-order valence-electron chi connectivity index (χ4n) is 2.72. The summed E-state index contributed by atoms with van der Waals surface area (Å²) < 4.78 is 15.8. The zero-order valence-corrected chi connectivity index (χ0v) is 19.9. The highest BCUT2D eigenvalue weighted by molar-refractivity contribution is 14.0. The first-order chi connectivity index (χ1) is 13.7. The van der Waals surface area contributed by atoms with Crippen LogP contribution in [0, 0.1) is 0 Å². The summed E-state index contributed by atoms with van der Waals surface area (Å²) in [5, 5.41) is 10.7. The van der Waals surface area contributed by atoms with Crippen molar-refractivity contribution in [2.75, 3.05) is 27.4 Å². The average molecular weight is 517 g/mol. The van der Waals surface area contributed by atoms with Crippen molar-refractivity contribution in [3.8, 4) is 5.88 Å². The highest BCUT2D eigenvalue weighted by atomic mass is 127. The van der Waals surface area contributed by atoms with Crippen LogP contribution in [0.4, 0.5) is 0 Å². The van der Waals surface area contributed by atoms with Gasteiger partial charge in [0.25, 0.3) is 0 Å². The number of guanidine groups is 1. The molecule has 2 N–H and O–H groups in total. The van der Waals surface area contributed by atoms with Crippen molar-refractivity contribution in [3.63, 3.8) is 0 Å². The SMILES string of the molecule is CCC(CC)c1cc(CNC(=NC)NCc2ccc(OCCOC)nc2)on1.I. The van der Waals surface area contributed by atoms with Gasteiger partial charge in [-0.15, -0.1) is 24.0 Å². The minimum atomic E-state index is 0. The number of ether oxygens (including phenoxy) is 2. The number of rotatable bonds is 11. The van der Waals surface area contributed by atoms with Gasteiger partial charge in [-0.2, -0.15) is 0 Å². The number of methoxy groups -OCH3 is 1. The van der Waals surface area contributed by atoms with Gasteiger partial charge in [0.1, 0.15) is 6.61 Å². The Balaban J connectivity index is 0.00000420. The number of nitrogens with zero attached hydrogens (tertiary/aromatic N) is 3. The second-order valence-corrected chi connectivity index (χ2v) is 6.36. The van der Waals surface area contributed by atoms with Crippen molar-refractivity contribution in [2.45, 2.75) is 45.7 Å². The Kier molecular flexibility index (Phi) is 12.3. The van der Waals surface area contributed by atoms with Gasteiger partial charge in [-0.25, -0.2) is 4.98 Å². The summed E-state index contributed by atoms with van der Waals surface area (Å²) in [6, 6.07) is 5.83. The Hall–Kier alpha value is -1.88. The maximum absolute atomic E-state index is 5.46. The third kappa shape index (κ3) is 8.57. The maximum Gasteiger partial charge on any atom is 0.213 e. The Labute approximate surface area is 189 Å². The molecule has 8 nitrogen and oxygen atoms in total. The number of hydrogen-bond donors (Lipinski definition) is 2. The van der Waals surface area contributed by atoms with Crippen LogP contribution in [0.3, 0.4) is 0 Å². The Bertz CT molecular complexity index is 717. The molecule has 0 amide bonds. The van der Waals surface area contributed by atoms with Crippen LogP contribution in [-0.2, 0) is 17.8 Å². The van der Waals surface area contributed by atoms with Gasteiger partial charge in [0, 0.05) is 44.9 Å². The van der Waals surface area contributed by atoms with Gasteiger partial charge in [0.05, 0.1) is 18.8 Å². The molecule has 162 valence electrons. The van der Waals surface area contributed by atoms with Gasteiger partial charge in [-0.1, -0.05) is 25.1 Å². The van der Waals surface area contributed by atoms with Crippen LogP contribution in [0.5, 0.6) is 5.88 Å². The number of nitrogens with one attached hydrogen (secondary N) is 2. The fourth-order valence-corrected chi connectivity index (χ4v) is 2.72. The van der Waals surface area contributed by atoms with Crippen LogP contribution in [0.1, 0.15) is 49.6 Å². The van der Waals surface area contributed by atoms with E-state index in [9.17, 15) is 0 Å². The molecule has 2 aromatic heterocycles. The zero-order valence-electron chi connectivity index (χ0n) is 17.6. The molecule has 0 fully saturated rings. The third-order valence-corrected chi connectivity index (χ3v) is 4.43. The number of hydrogen-bond acceptors (Lipinski definition) is 6. The lowest BCUT2D eigenvalue weighted by atomic mass is 9.99. The highest BCUT2D eigenvalue weighted by Crippen LogP contribution is 2.22. The number of aliphatic imine (C=N–C) groups is 1. The molecule has 0 aliphatic carbocycles. The van der Waals surface area contributed by atoms with E-state index in [1.54, 1.807) is 20.4 Å². The normalized spacial score (nSPS) is 11.3. The van der Waals surface area contributed by atoms with Crippen LogP contribution >= 0.6 is 24.0 Å². The van der Waals surface area contributed by atoms with Crippen molar-refractivity contribution in [3.05, 3.63) is 41.4 Å². The first-order valence-corrected chi connectivity index (χ1v) is 9.66. The van der Waals surface area contributed by atoms with E-state index < -0.39 is 0 Å². The number of halogens is 1. The molecule has 2 rings (SSSR count). The van der Waals surface area contributed by atoms with Crippen LogP contribution in [0.15, 0.2) is 33.9 Å². The highest BCUT2D eigenvalue weighted by Gasteiger charge is 2.13. The summed E-state index contributed by atoms with van der Waals surface area (Å²) >= 11 is 0. The van der Waals surface area contributed by atoms with E-state index in [1.807, 2.05) is 18.2 Å². The summed E-state index contributed by atoms with van der Waals surface area (Å²) in [4.78, 5) is 8.52. The Morgan fingerprint density at radius 1 is 1.17 bits per heavy atom. The summed E-state index contributed by atoms with van der Waals surface area (Å²) in [5.41, 5.74) is 2.04. The first kappa shape index (κ1) is 25.2. The molecular formula is C20H32IN5O3. The molecule has 0 atom stereocenters. The molecule has 0 aliphatic rings. The minimum absolute atomic E-state index is 0. The molecule has 0 unspecified atom stereocenters. The topological polar surface area (TPSA) is 93.8 Å². The molecule has 0 radical (unpaired) electrons. The molecule has 2 aromatic rings. The summed E-state index contributed by atoms with van der Waals surface area (Å²) in [7, 11) is 3.37. The second-order valence-electron chi connectivity index (χ2n) is 6.36. The lowest BCUT2D eigenvalue weighted by Gasteiger charge is -2.11. The van der Waals surface area contributed by atoms with Crippen molar-refractivity contribution in [2.24, 2.45) is 4.99 Å². The fraction of sp³-hybridized carbons (Fsp3) is 0.550. The molecule has 9 heteroatoms. The maximum atomic E-state index is 5.46. The zero-order chi connectivity index (χ0) is 20.2. The first-order valence-electron chi connectivity index (χ1n) is 9.66. The molecule has 0 saturated heterocycles. The standard InChI is InChI=1S/C20H31N5O3.HI/c1-5-16(6-2)18-11-17(28-25-18)14-24-20(21-3)23-13-15-7-8-19(22-12-15)27-10-9-26-4;/h7-8,11-12,16H,5-6,9-10,13-14H2,1-4H3,(H2,21,23,24);1H. The number of pyridine rings is 1. The van der Waals surface area contributed by atoms with Gasteiger partial charge in [-0.05, 0) is 18.4 Å². The van der Waals surface area contributed by atoms with E-state index >= 15 is 0 Å². The lowest BCUT2D eigenvalue weighted by molar-refractivity contribution is 0.143. The molecule has 29 heavy (non-hydrogen) atoms.